The summed E-state index contributed by atoms with van der Waals surface area (Å²) in [6.45, 7) is 0.502. The average molecular weight is 276 g/mol. The molecule has 1 aliphatic heterocycles. The van der Waals surface area contributed by atoms with E-state index in [1.807, 2.05) is 0 Å². The quantitative estimate of drug-likeness (QED) is 0.842. The van der Waals surface area contributed by atoms with Crippen LogP contribution in [0.3, 0.4) is 0 Å². The smallest absolute Gasteiger partial charge is 0.253 e. The zero-order valence-electron chi connectivity index (χ0n) is 8.50. The number of nitrogens with two attached hydrogens (primary N) is 1. The highest BCUT2D eigenvalue weighted by atomic mass is 32.2. The van der Waals surface area contributed by atoms with Gasteiger partial charge >= 0.3 is 0 Å². The molecule has 0 amide bonds. The highest BCUT2D eigenvalue weighted by Crippen LogP contribution is 2.28. The molecule has 0 radical (unpaired) electrons. The zero-order valence-corrected chi connectivity index (χ0v) is 10.9. The van der Waals surface area contributed by atoms with Crippen LogP contribution in [0.25, 0.3) is 0 Å². The van der Waals surface area contributed by atoms with Gasteiger partial charge in [0.05, 0.1) is 11.0 Å². The maximum absolute atomic E-state index is 12.2. The van der Waals surface area contributed by atoms with E-state index in [-0.39, 0.29) is 11.0 Å². The summed E-state index contributed by atoms with van der Waals surface area (Å²) in [6.07, 6.45) is 1.53. The molecule has 1 fully saturated rings. The molecule has 1 atom stereocenters. The first-order valence-electron chi connectivity index (χ1n) is 4.88. The Balaban J connectivity index is 2.34. The number of thiocarbonyl (C=S) groups is 1. The number of hydrogen-bond donors (Lipinski definition) is 1. The predicted octanol–water partition coefficient (Wildman–Crippen LogP) is 1.19. The van der Waals surface area contributed by atoms with E-state index in [1.165, 1.54) is 15.6 Å². The van der Waals surface area contributed by atoms with Crippen LogP contribution < -0.4 is 5.73 Å². The fourth-order valence-electron chi connectivity index (χ4n) is 1.84. The predicted molar refractivity (Wildman–Crippen MR) is 68.0 cm³/mol. The minimum absolute atomic E-state index is 0.262. The summed E-state index contributed by atoms with van der Waals surface area (Å²) in [6, 6.07) is 3.01. The van der Waals surface area contributed by atoms with Crippen molar-refractivity contribution in [2.45, 2.75) is 23.1 Å². The normalized spacial score (nSPS) is 22.4. The van der Waals surface area contributed by atoms with Gasteiger partial charge in [-0.1, -0.05) is 18.3 Å². The second-order valence-electron chi connectivity index (χ2n) is 3.61. The lowest BCUT2D eigenvalue weighted by molar-refractivity contribution is 0.448. The van der Waals surface area contributed by atoms with Gasteiger partial charge in [0.15, 0.2) is 0 Å². The van der Waals surface area contributed by atoms with Crippen LogP contribution in [0.5, 0.6) is 0 Å². The number of sulfonamides is 1. The molecule has 0 aliphatic carbocycles. The van der Waals surface area contributed by atoms with Crippen molar-refractivity contribution in [3.05, 3.63) is 17.5 Å². The first kappa shape index (κ1) is 12.0. The molecule has 1 aliphatic rings. The monoisotopic (exact) mass is 276 g/mol. The lowest BCUT2D eigenvalue weighted by Crippen LogP contribution is -2.42. The third kappa shape index (κ3) is 2.00. The highest BCUT2D eigenvalue weighted by Gasteiger charge is 2.37. The van der Waals surface area contributed by atoms with Gasteiger partial charge in [-0.05, 0) is 24.3 Å². The zero-order chi connectivity index (χ0) is 11.8. The maximum atomic E-state index is 12.2. The van der Waals surface area contributed by atoms with Crippen molar-refractivity contribution in [2.24, 2.45) is 5.73 Å². The summed E-state index contributed by atoms with van der Waals surface area (Å²) in [5.41, 5.74) is 5.57. The van der Waals surface area contributed by atoms with Crippen LogP contribution in [0.1, 0.15) is 12.8 Å². The summed E-state index contributed by atoms with van der Waals surface area (Å²) < 4.78 is 26.2. The summed E-state index contributed by atoms with van der Waals surface area (Å²) in [4.78, 5) is 0.262. The van der Waals surface area contributed by atoms with Gasteiger partial charge in [-0.3, -0.25) is 0 Å². The van der Waals surface area contributed by atoms with Gasteiger partial charge in [0.1, 0.15) is 4.21 Å². The number of nitrogens with zero attached hydrogens (tertiary/aromatic N) is 1. The molecule has 2 N–H and O–H groups in total. The Morgan fingerprint density at radius 3 is 2.94 bits per heavy atom. The molecule has 0 bridgehead atoms. The van der Waals surface area contributed by atoms with Gasteiger partial charge in [0.25, 0.3) is 10.0 Å². The van der Waals surface area contributed by atoms with Crippen molar-refractivity contribution < 1.29 is 8.42 Å². The van der Waals surface area contributed by atoms with E-state index in [2.05, 4.69) is 0 Å². The van der Waals surface area contributed by atoms with E-state index in [9.17, 15) is 8.42 Å². The summed E-state index contributed by atoms with van der Waals surface area (Å²) in [7, 11) is -3.41. The minimum atomic E-state index is -3.41. The Hall–Kier alpha value is -0.500. The number of hydrogen-bond acceptors (Lipinski definition) is 4. The molecule has 88 valence electrons. The molecule has 7 heteroatoms. The average Bonchev–Trinajstić information content (AvgIpc) is 2.89. The fraction of sp³-hybridized carbons (Fsp3) is 0.444. The maximum Gasteiger partial charge on any atom is 0.253 e. The first-order chi connectivity index (χ1) is 7.53. The van der Waals surface area contributed by atoms with Gasteiger partial charge in [-0.25, -0.2) is 8.42 Å². The molecule has 1 saturated heterocycles. The molecule has 0 saturated carbocycles. The van der Waals surface area contributed by atoms with Crippen LogP contribution in [0, 0.1) is 0 Å². The molecule has 2 heterocycles. The molecule has 1 unspecified atom stereocenters. The first-order valence-corrected chi connectivity index (χ1v) is 7.61. The fourth-order valence-corrected chi connectivity index (χ4v) is 4.94. The van der Waals surface area contributed by atoms with Crippen molar-refractivity contribution in [3.63, 3.8) is 0 Å². The molecule has 0 aromatic carbocycles. The van der Waals surface area contributed by atoms with Crippen molar-refractivity contribution in [2.75, 3.05) is 6.54 Å². The summed E-state index contributed by atoms with van der Waals surface area (Å²) in [5.74, 6) is 0. The van der Waals surface area contributed by atoms with E-state index in [4.69, 9.17) is 18.0 Å². The van der Waals surface area contributed by atoms with Crippen molar-refractivity contribution in [3.8, 4) is 0 Å². The van der Waals surface area contributed by atoms with Gasteiger partial charge in [-0.15, -0.1) is 11.3 Å². The Morgan fingerprint density at radius 2 is 2.38 bits per heavy atom. The van der Waals surface area contributed by atoms with Crippen LogP contribution in [0.2, 0.25) is 0 Å². The second kappa shape index (κ2) is 4.40. The van der Waals surface area contributed by atoms with E-state index >= 15 is 0 Å². The summed E-state index contributed by atoms with van der Waals surface area (Å²) in [5, 5.41) is 1.75. The largest absolute Gasteiger partial charge is 0.392 e. The molecular weight excluding hydrogens is 264 g/mol. The van der Waals surface area contributed by atoms with E-state index in [1.54, 1.807) is 17.5 Å². The van der Waals surface area contributed by atoms with Gasteiger partial charge in [0, 0.05) is 6.54 Å². The van der Waals surface area contributed by atoms with Crippen molar-refractivity contribution in [1.29, 1.82) is 0 Å². The lowest BCUT2D eigenvalue weighted by atomic mass is 10.2. The van der Waals surface area contributed by atoms with Crippen LogP contribution >= 0.6 is 23.6 Å². The summed E-state index contributed by atoms with van der Waals surface area (Å²) >= 11 is 6.12. The van der Waals surface area contributed by atoms with Crippen LogP contribution in [0.4, 0.5) is 0 Å². The second-order valence-corrected chi connectivity index (χ2v) is 7.14. The van der Waals surface area contributed by atoms with Crippen LogP contribution in [0.15, 0.2) is 21.7 Å². The van der Waals surface area contributed by atoms with Crippen molar-refractivity contribution in [1.82, 2.24) is 4.31 Å². The minimum Gasteiger partial charge on any atom is -0.392 e. The topological polar surface area (TPSA) is 63.4 Å². The van der Waals surface area contributed by atoms with E-state index in [0.29, 0.717) is 10.8 Å². The molecular formula is C9H12N2O2S3. The molecule has 1 aromatic rings. The number of thiophene rings is 1. The third-order valence-corrected chi connectivity index (χ3v) is 6.14. The van der Waals surface area contributed by atoms with Gasteiger partial charge < -0.3 is 5.73 Å². The van der Waals surface area contributed by atoms with Crippen molar-refractivity contribution >= 4 is 38.6 Å². The molecule has 16 heavy (non-hydrogen) atoms. The SMILES string of the molecule is NC(=S)C1CCCN1S(=O)(=O)c1cccs1. The van der Waals surface area contributed by atoms with E-state index < -0.39 is 10.0 Å². The Kier molecular flexibility index (Phi) is 3.29. The Labute approximate surface area is 104 Å². The molecule has 4 nitrogen and oxygen atoms in total. The van der Waals surface area contributed by atoms with E-state index in [0.717, 1.165) is 12.8 Å². The molecule has 0 spiro atoms. The third-order valence-electron chi connectivity index (χ3n) is 2.59. The van der Waals surface area contributed by atoms with Crippen LogP contribution in [-0.2, 0) is 10.0 Å². The van der Waals surface area contributed by atoms with Gasteiger partial charge in [0.2, 0.25) is 0 Å². The standard InChI is InChI=1S/C9H12N2O2S3/c10-9(14)7-3-1-5-11(7)16(12,13)8-4-2-6-15-8/h2,4,6-7H,1,3,5H2,(H2,10,14). The molecule has 1 aromatic heterocycles. The van der Waals surface area contributed by atoms with Gasteiger partial charge in [-0.2, -0.15) is 4.31 Å². The number of rotatable bonds is 3. The molecule has 2 rings (SSSR count). The Bertz CT molecular complexity index is 481. The lowest BCUT2D eigenvalue weighted by Gasteiger charge is -2.22. The van der Waals surface area contributed by atoms with Crippen LogP contribution in [-0.4, -0.2) is 30.3 Å². The highest BCUT2D eigenvalue weighted by molar-refractivity contribution is 7.91. The Morgan fingerprint density at radius 1 is 1.62 bits per heavy atom.